The lowest BCUT2D eigenvalue weighted by Crippen LogP contribution is -2.51. The van der Waals surface area contributed by atoms with Crippen LogP contribution < -0.4 is 5.73 Å². The van der Waals surface area contributed by atoms with E-state index in [0.717, 1.165) is 13.0 Å². The van der Waals surface area contributed by atoms with Gasteiger partial charge in [-0.05, 0) is 18.2 Å². The molecule has 0 amide bonds. The monoisotopic (exact) mass is 299 g/mol. The molecule has 0 aromatic heterocycles. The van der Waals surface area contributed by atoms with Gasteiger partial charge < -0.3 is 8.92 Å². The minimum Gasteiger partial charge on any atom is -0.429 e. The summed E-state index contributed by atoms with van der Waals surface area (Å²) in [5.74, 6) is -2.35. The SMILES string of the molecule is C=CC(N)(OC(C)=O)C(=O)OS(=O)(=O)c1ccccc1. The molecule has 8 heteroatoms. The summed E-state index contributed by atoms with van der Waals surface area (Å²) >= 11 is 0. The Morgan fingerprint density at radius 1 is 1.30 bits per heavy atom. The largest absolute Gasteiger partial charge is 0.429 e. The van der Waals surface area contributed by atoms with Crippen LogP contribution in [0, 0.1) is 0 Å². The second-order valence-electron chi connectivity index (χ2n) is 3.73. The van der Waals surface area contributed by atoms with Crippen LogP contribution in [0.25, 0.3) is 0 Å². The van der Waals surface area contributed by atoms with Crippen LogP contribution in [-0.4, -0.2) is 26.1 Å². The van der Waals surface area contributed by atoms with E-state index >= 15 is 0 Å². The van der Waals surface area contributed by atoms with Crippen molar-refractivity contribution in [2.45, 2.75) is 17.5 Å². The van der Waals surface area contributed by atoms with Gasteiger partial charge in [-0.2, -0.15) is 8.42 Å². The third kappa shape index (κ3) is 3.65. The number of carbonyl (C=O) groups is 2. The molecule has 0 aliphatic rings. The van der Waals surface area contributed by atoms with E-state index in [1.165, 1.54) is 24.3 Å². The van der Waals surface area contributed by atoms with Crippen LogP contribution in [0.1, 0.15) is 6.92 Å². The fourth-order valence-corrected chi connectivity index (χ4v) is 2.12. The van der Waals surface area contributed by atoms with E-state index in [4.69, 9.17) is 5.73 Å². The van der Waals surface area contributed by atoms with Gasteiger partial charge in [-0.15, -0.1) is 0 Å². The van der Waals surface area contributed by atoms with Gasteiger partial charge in [0, 0.05) is 6.92 Å². The molecule has 1 aromatic rings. The van der Waals surface area contributed by atoms with Gasteiger partial charge in [0.15, 0.2) is 0 Å². The van der Waals surface area contributed by atoms with Gasteiger partial charge in [-0.25, -0.2) is 4.79 Å². The number of ether oxygens (including phenoxy) is 1. The average molecular weight is 299 g/mol. The number of benzene rings is 1. The van der Waals surface area contributed by atoms with Crippen molar-refractivity contribution in [3.63, 3.8) is 0 Å². The summed E-state index contributed by atoms with van der Waals surface area (Å²) in [5.41, 5.74) is 3.06. The molecule has 20 heavy (non-hydrogen) atoms. The first-order valence-corrected chi connectivity index (χ1v) is 6.78. The molecule has 0 saturated heterocycles. The van der Waals surface area contributed by atoms with Gasteiger partial charge in [0.05, 0.1) is 0 Å². The molecule has 0 spiro atoms. The van der Waals surface area contributed by atoms with Crippen LogP contribution in [0.15, 0.2) is 47.9 Å². The Morgan fingerprint density at radius 2 is 1.85 bits per heavy atom. The van der Waals surface area contributed by atoms with Crippen LogP contribution in [0.4, 0.5) is 0 Å². The number of nitrogens with two attached hydrogens (primary N) is 1. The van der Waals surface area contributed by atoms with E-state index in [0.29, 0.717) is 0 Å². The summed E-state index contributed by atoms with van der Waals surface area (Å²) in [4.78, 5) is 22.4. The number of carbonyl (C=O) groups excluding carboxylic acids is 2. The fourth-order valence-electron chi connectivity index (χ4n) is 1.20. The first-order valence-electron chi connectivity index (χ1n) is 5.37. The molecular formula is C12H13NO6S. The Morgan fingerprint density at radius 3 is 2.30 bits per heavy atom. The second-order valence-corrected chi connectivity index (χ2v) is 5.28. The van der Waals surface area contributed by atoms with Crippen LogP contribution in [0.3, 0.4) is 0 Å². The zero-order chi connectivity index (χ0) is 15.4. The zero-order valence-electron chi connectivity index (χ0n) is 10.6. The van der Waals surface area contributed by atoms with Crippen molar-refractivity contribution in [1.82, 2.24) is 0 Å². The smallest absolute Gasteiger partial charge is 0.386 e. The lowest BCUT2D eigenvalue weighted by atomic mass is 10.2. The standard InChI is InChI=1S/C12H13NO6S/c1-3-12(13,18-9(2)14)11(15)19-20(16,17)10-7-5-4-6-8-10/h3-8H,1,13H2,2H3. The van der Waals surface area contributed by atoms with Gasteiger partial charge in [0.1, 0.15) is 4.90 Å². The number of hydrogen-bond acceptors (Lipinski definition) is 7. The first kappa shape index (κ1) is 15.9. The van der Waals surface area contributed by atoms with E-state index in [1.807, 2.05) is 0 Å². The summed E-state index contributed by atoms with van der Waals surface area (Å²) in [6.07, 6.45) is 0.775. The quantitative estimate of drug-likeness (QED) is 0.360. The average Bonchev–Trinajstić information content (AvgIpc) is 2.38. The first-order chi connectivity index (χ1) is 9.21. The summed E-state index contributed by atoms with van der Waals surface area (Å²) in [5, 5.41) is 0. The minimum atomic E-state index is -4.36. The molecule has 0 heterocycles. The molecule has 0 radical (unpaired) electrons. The fraction of sp³-hybridized carbons (Fsp3) is 0.167. The minimum absolute atomic E-state index is 0.234. The normalized spacial score (nSPS) is 13.9. The van der Waals surface area contributed by atoms with E-state index in [9.17, 15) is 18.0 Å². The van der Waals surface area contributed by atoms with Crippen molar-refractivity contribution in [2.75, 3.05) is 0 Å². The van der Waals surface area contributed by atoms with Crippen LogP contribution >= 0.6 is 0 Å². The van der Waals surface area contributed by atoms with Crippen molar-refractivity contribution in [3.05, 3.63) is 43.0 Å². The molecule has 0 aliphatic heterocycles. The third-order valence-corrected chi connectivity index (χ3v) is 3.37. The molecule has 0 aliphatic carbocycles. The molecule has 0 bridgehead atoms. The Balaban J connectivity index is 3.00. The number of esters is 1. The van der Waals surface area contributed by atoms with Crippen LogP contribution in [0.2, 0.25) is 0 Å². The summed E-state index contributed by atoms with van der Waals surface area (Å²) < 4.78 is 32.5. The molecule has 1 aromatic carbocycles. The van der Waals surface area contributed by atoms with Gasteiger partial charge in [0.2, 0.25) is 0 Å². The topological polar surface area (TPSA) is 113 Å². The van der Waals surface area contributed by atoms with E-state index in [2.05, 4.69) is 15.5 Å². The van der Waals surface area contributed by atoms with Gasteiger partial charge in [-0.1, -0.05) is 24.8 Å². The highest BCUT2D eigenvalue weighted by Gasteiger charge is 2.39. The maximum atomic E-state index is 11.8. The van der Waals surface area contributed by atoms with Crippen molar-refractivity contribution in [2.24, 2.45) is 5.73 Å². The second kappa shape index (κ2) is 5.85. The van der Waals surface area contributed by atoms with Crippen molar-refractivity contribution >= 4 is 22.1 Å². The Kier molecular flexibility index (Phi) is 4.64. The summed E-state index contributed by atoms with van der Waals surface area (Å²) in [6, 6.07) is 6.98. The number of rotatable bonds is 5. The van der Waals surface area contributed by atoms with Crippen LogP contribution in [-0.2, 0) is 28.6 Å². The Bertz CT molecular complexity index is 625. The molecule has 0 saturated carbocycles. The highest BCUT2D eigenvalue weighted by atomic mass is 32.2. The molecule has 0 fully saturated rings. The molecule has 1 rings (SSSR count). The Labute approximate surface area is 116 Å². The summed E-state index contributed by atoms with van der Waals surface area (Å²) in [7, 11) is -4.36. The van der Waals surface area contributed by atoms with Crippen molar-refractivity contribution in [3.8, 4) is 0 Å². The lowest BCUT2D eigenvalue weighted by molar-refractivity contribution is -0.168. The Hall–Kier alpha value is -2.19. The van der Waals surface area contributed by atoms with Gasteiger partial charge >= 0.3 is 22.1 Å². The van der Waals surface area contributed by atoms with E-state index < -0.39 is 27.8 Å². The maximum absolute atomic E-state index is 11.8. The third-order valence-electron chi connectivity index (χ3n) is 2.15. The molecule has 2 N–H and O–H groups in total. The molecular weight excluding hydrogens is 286 g/mol. The van der Waals surface area contributed by atoms with Crippen molar-refractivity contribution in [1.29, 1.82) is 0 Å². The molecule has 1 unspecified atom stereocenters. The van der Waals surface area contributed by atoms with Crippen molar-refractivity contribution < 1.29 is 26.9 Å². The molecule has 7 nitrogen and oxygen atoms in total. The maximum Gasteiger partial charge on any atom is 0.386 e. The molecule has 1 atom stereocenters. The molecule has 108 valence electrons. The highest BCUT2D eigenvalue weighted by molar-refractivity contribution is 7.87. The zero-order valence-corrected chi connectivity index (χ0v) is 11.4. The van der Waals surface area contributed by atoms with E-state index in [-0.39, 0.29) is 4.90 Å². The predicted molar refractivity (Wildman–Crippen MR) is 68.6 cm³/mol. The van der Waals surface area contributed by atoms with Gasteiger partial charge in [-0.3, -0.25) is 10.5 Å². The highest BCUT2D eigenvalue weighted by Crippen LogP contribution is 2.16. The summed E-state index contributed by atoms with van der Waals surface area (Å²) in [6.45, 7) is 4.22. The predicted octanol–water partition coefficient (Wildman–Crippen LogP) is 0.323. The van der Waals surface area contributed by atoms with Crippen LogP contribution in [0.5, 0.6) is 0 Å². The van der Waals surface area contributed by atoms with E-state index in [1.54, 1.807) is 6.07 Å². The lowest BCUT2D eigenvalue weighted by Gasteiger charge is -2.22. The number of hydrogen-bond donors (Lipinski definition) is 1. The van der Waals surface area contributed by atoms with Gasteiger partial charge in [0.25, 0.3) is 5.72 Å².